The Kier molecular flexibility index (Phi) is 6.18. The van der Waals surface area contributed by atoms with Crippen molar-refractivity contribution in [2.24, 2.45) is 0 Å². The van der Waals surface area contributed by atoms with Gasteiger partial charge in [-0.3, -0.25) is 4.79 Å². The van der Waals surface area contributed by atoms with Gasteiger partial charge in [0.05, 0.1) is 7.11 Å². The molecule has 0 atom stereocenters. The molecule has 0 aliphatic carbocycles. The predicted octanol–water partition coefficient (Wildman–Crippen LogP) is 2.90. The van der Waals surface area contributed by atoms with Crippen molar-refractivity contribution in [2.75, 3.05) is 7.11 Å². The number of ether oxygens (including phenoxy) is 1. The van der Waals surface area contributed by atoms with Crippen LogP contribution in [0.3, 0.4) is 0 Å². The van der Waals surface area contributed by atoms with Gasteiger partial charge >= 0.3 is 5.97 Å². The topological polar surface area (TPSA) is 46.5 Å². The van der Waals surface area contributed by atoms with E-state index in [9.17, 15) is 4.79 Å². The van der Waals surface area contributed by atoms with E-state index in [1.165, 1.54) is 0 Å². The summed E-state index contributed by atoms with van der Waals surface area (Å²) in [4.78, 5) is 10.4. The number of aliphatic carboxylic acids is 1. The Morgan fingerprint density at radius 2 is 2.07 bits per heavy atom. The Morgan fingerprint density at radius 3 is 2.40 bits per heavy atom. The van der Waals surface area contributed by atoms with E-state index in [2.05, 4.69) is 13.2 Å². The third-order valence-corrected chi connectivity index (χ3v) is 1.97. The van der Waals surface area contributed by atoms with Gasteiger partial charge in [-0.25, -0.2) is 0 Å². The lowest BCUT2D eigenvalue weighted by atomic mass is 10.0. The number of carboxylic acids is 1. The quantitative estimate of drug-likeness (QED) is 0.519. The molecular weight excluding hydrogens is 192 g/mol. The maximum Gasteiger partial charge on any atom is 0.303 e. The summed E-state index contributed by atoms with van der Waals surface area (Å²) in [5, 5.41) is 8.51. The monoisotopic (exact) mass is 210 g/mol. The molecule has 0 saturated carbocycles. The van der Waals surface area contributed by atoms with E-state index in [1.54, 1.807) is 13.2 Å². The Hall–Kier alpha value is -1.51. The molecule has 0 unspecified atom stereocenters. The van der Waals surface area contributed by atoms with Crippen molar-refractivity contribution in [3.8, 4) is 0 Å². The summed E-state index contributed by atoms with van der Waals surface area (Å²) in [6.45, 7) is 9.32. The molecule has 0 heterocycles. The van der Waals surface area contributed by atoms with Crippen molar-refractivity contribution >= 4 is 5.97 Å². The normalized spacial score (nSPS) is 11.6. The number of carboxylic acid groups (broad SMARTS) is 1. The Balaban J connectivity index is 4.51. The van der Waals surface area contributed by atoms with Gasteiger partial charge < -0.3 is 9.84 Å². The predicted molar refractivity (Wildman–Crippen MR) is 60.5 cm³/mol. The maximum absolute atomic E-state index is 10.4. The van der Waals surface area contributed by atoms with Gasteiger partial charge in [-0.1, -0.05) is 19.2 Å². The molecular formula is C12H18O3. The van der Waals surface area contributed by atoms with Gasteiger partial charge in [0.15, 0.2) is 0 Å². The first-order valence-electron chi connectivity index (χ1n) is 4.80. The van der Waals surface area contributed by atoms with E-state index in [4.69, 9.17) is 9.84 Å². The molecule has 15 heavy (non-hydrogen) atoms. The minimum atomic E-state index is -0.785. The van der Waals surface area contributed by atoms with E-state index in [-0.39, 0.29) is 6.42 Å². The highest BCUT2D eigenvalue weighted by Crippen LogP contribution is 2.19. The van der Waals surface area contributed by atoms with E-state index >= 15 is 0 Å². The zero-order valence-corrected chi connectivity index (χ0v) is 9.38. The second kappa shape index (κ2) is 6.87. The summed E-state index contributed by atoms with van der Waals surface area (Å²) in [5.74, 6) is -0.0805. The molecule has 0 aromatic carbocycles. The summed E-state index contributed by atoms with van der Waals surface area (Å²) in [6, 6.07) is 0. The van der Waals surface area contributed by atoms with Crippen LogP contribution < -0.4 is 0 Å². The van der Waals surface area contributed by atoms with E-state index < -0.39 is 5.97 Å². The third-order valence-electron chi connectivity index (χ3n) is 1.97. The zero-order valence-electron chi connectivity index (χ0n) is 9.38. The van der Waals surface area contributed by atoms with Crippen LogP contribution >= 0.6 is 0 Å². The highest BCUT2D eigenvalue weighted by molar-refractivity contribution is 5.66. The molecule has 1 N–H and O–H groups in total. The van der Waals surface area contributed by atoms with Crippen LogP contribution in [0, 0.1) is 0 Å². The highest BCUT2D eigenvalue weighted by atomic mass is 16.5. The first-order chi connectivity index (χ1) is 7.02. The molecule has 0 spiro atoms. The van der Waals surface area contributed by atoms with Gasteiger partial charge in [-0.2, -0.15) is 0 Å². The van der Waals surface area contributed by atoms with Crippen molar-refractivity contribution in [3.63, 3.8) is 0 Å². The lowest BCUT2D eigenvalue weighted by molar-refractivity contribution is -0.137. The molecule has 0 aromatic heterocycles. The molecule has 0 fully saturated rings. The summed E-state index contributed by atoms with van der Waals surface area (Å²) in [6.07, 6.45) is 3.07. The van der Waals surface area contributed by atoms with Gasteiger partial charge in [0.2, 0.25) is 0 Å². The van der Waals surface area contributed by atoms with Gasteiger partial charge in [0.1, 0.15) is 5.76 Å². The third kappa shape index (κ3) is 5.05. The minimum absolute atomic E-state index is 0.157. The number of carbonyl (C=O) groups is 1. The van der Waals surface area contributed by atoms with Crippen LogP contribution in [-0.2, 0) is 9.53 Å². The van der Waals surface area contributed by atoms with Crippen molar-refractivity contribution in [3.05, 3.63) is 36.1 Å². The molecule has 3 nitrogen and oxygen atoms in total. The standard InChI is InChI=1S/C12H18O3/c1-5-10(7-6-8-11(13)14)12(15-4)9(2)3/h5H,1-2,6-8H2,3-4H3,(H,13,14)/b12-10-. The molecule has 0 aromatic rings. The summed E-state index contributed by atoms with van der Waals surface area (Å²) in [5.41, 5.74) is 1.73. The SMILES string of the molecule is C=C/C(CCCC(=O)O)=C(/OC)C(=C)C. The molecule has 0 aliphatic heterocycles. The molecule has 0 radical (unpaired) electrons. The second-order valence-corrected chi connectivity index (χ2v) is 3.29. The van der Waals surface area contributed by atoms with Crippen LogP contribution in [0.5, 0.6) is 0 Å². The molecule has 0 aliphatic rings. The van der Waals surface area contributed by atoms with E-state index in [0.29, 0.717) is 18.6 Å². The fourth-order valence-electron chi connectivity index (χ4n) is 1.32. The first kappa shape index (κ1) is 13.5. The van der Waals surface area contributed by atoms with E-state index in [1.807, 2.05) is 6.92 Å². The summed E-state index contributed by atoms with van der Waals surface area (Å²) < 4.78 is 5.18. The van der Waals surface area contributed by atoms with Gasteiger partial charge in [-0.05, 0) is 30.9 Å². The Morgan fingerprint density at radius 1 is 1.47 bits per heavy atom. The molecule has 84 valence electrons. The van der Waals surface area contributed by atoms with Crippen LogP contribution in [-0.4, -0.2) is 18.2 Å². The lowest BCUT2D eigenvalue weighted by Crippen LogP contribution is -1.97. The molecule has 0 amide bonds. The average Bonchev–Trinajstić information content (AvgIpc) is 2.15. The average molecular weight is 210 g/mol. The number of hydrogen-bond acceptors (Lipinski definition) is 2. The second-order valence-electron chi connectivity index (χ2n) is 3.29. The van der Waals surface area contributed by atoms with Crippen LogP contribution in [0.15, 0.2) is 36.1 Å². The van der Waals surface area contributed by atoms with Crippen molar-refractivity contribution in [1.82, 2.24) is 0 Å². The van der Waals surface area contributed by atoms with Gasteiger partial charge in [0, 0.05) is 6.42 Å². The lowest BCUT2D eigenvalue weighted by Gasteiger charge is -2.10. The van der Waals surface area contributed by atoms with Crippen LogP contribution in [0.25, 0.3) is 0 Å². The Labute approximate surface area is 90.8 Å². The van der Waals surface area contributed by atoms with Gasteiger partial charge in [-0.15, -0.1) is 0 Å². The largest absolute Gasteiger partial charge is 0.496 e. The fraction of sp³-hybridized carbons (Fsp3) is 0.417. The Bertz CT molecular complexity index is 287. The number of allylic oxidation sites excluding steroid dienone is 3. The molecule has 3 heteroatoms. The maximum atomic E-state index is 10.4. The smallest absolute Gasteiger partial charge is 0.303 e. The van der Waals surface area contributed by atoms with E-state index in [0.717, 1.165) is 11.1 Å². The number of methoxy groups -OCH3 is 1. The number of rotatable bonds is 7. The zero-order chi connectivity index (χ0) is 11.8. The fourth-order valence-corrected chi connectivity index (χ4v) is 1.32. The van der Waals surface area contributed by atoms with Crippen LogP contribution in [0.2, 0.25) is 0 Å². The highest BCUT2D eigenvalue weighted by Gasteiger charge is 2.06. The van der Waals surface area contributed by atoms with Crippen molar-refractivity contribution in [2.45, 2.75) is 26.2 Å². The molecule has 0 bridgehead atoms. The van der Waals surface area contributed by atoms with Crippen molar-refractivity contribution < 1.29 is 14.6 Å². The van der Waals surface area contributed by atoms with Crippen LogP contribution in [0.4, 0.5) is 0 Å². The molecule has 0 saturated heterocycles. The summed E-state index contributed by atoms with van der Waals surface area (Å²) >= 11 is 0. The van der Waals surface area contributed by atoms with Crippen molar-refractivity contribution in [1.29, 1.82) is 0 Å². The minimum Gasteiger partial charge on any atom is -0.496 e. The van der Waals surface area contributed by atoms with Crippen LogP contribution in [0.1, 0.15) is 26.2 Å². The molecule has 0 rings (SSSR count). The number of hydrogen-bond donors (Lipinski definition) is 1. The first-order valence-corrected chi connectivity index (χ1v) is 4.80. The summed E-state index contributed by atoms with van der Waals surface area (Å²) in [7, 11) is 1.57. The van der Waals surface area contributed by atoms with Gasteiger partial charge in [0.25, 0.3) is 0 Å².